The summed E-state index contributed by atoms with van der Waals surface area (Å²) in [6, 6.07) is 27.9. The summed E-state index contributed by atoms with van der Waals surface area (Å²) in [7, 11) is 2.57. The number of para-hydroxylation sites is 1. The van der Waals surface area contributed by atoms with Gasteiger partial charge in [0.1, 0.15) is 5.75 Å². The first-order valence-electron chi connectivity index (χ1n) is 10.6. The van der Waals surface area contributed by atoms with Crippen LogP contribution < -0.4 is 4.74 Å². The Bertz CT molecular complexity index is 1020. The first kappa shape index (κ1) is 21.6. The second-order valence-electron chi connectivity index (χ2n) is 7.93. The van der Waals surface area contributed by atoms with Crippen molar-refractivity contribution in [3.8, 4) is 5.75 Å². The van der Waals surface area contributed by atoms with E-state index in [1.165, 1.54) is 14.2 Å². The molecule has 4 rings (SSSR count). The first-order chi connectivity index (χ1) is 15.6. The lowest BCUT2D eigenvalue weighted by Gasteiger charge is -2.43. The van der Waals surface area contributed by atoms with Crippen LogP contribution in [0.4, 0.5) is 0 Å². The standard InChI is InChI=1S/C27H26O5/c1-30-25(28)23(26(29)31-2)17-19-18-27(20-11-5-3-6-12-20,21-13-7-4-8-14-21)32-24-16-10-9-15-22(19)24/h3-16,19,23H,17-18H2,1-2H3/t19-/m0/s1. The van der Waals surface area contributed by atoms with E-state index in [4.69, 9.17) is 14.2 Å². The van der Waals surface area contributed by atoms with E-state index in [1.54, 1.807) is 0 Å². The van der Waals surface area contributed by atoms with Crippen molar-refractivity contribution in [2.45, 2.75) is 24.4 Å². The van der Waals surface area contributed by atoms with E-state index >= 15 is 0 Å². The number of rotatable bonds is 6. The molecule has 0 spiro atoms. The minimum atomic E-state index is -1.01. The molecule has 0 saturated heterocycles. The van der Waals surface area contributed by atoms with Crippen molar-refractivity contribution in [2.24, 2.45) is 5.92 Å². The summed E-state index contributed by atoms with van der Waals surface area (Å²) >= 11 is 0. The molecule has 5 heteroatoms. The molecule has 0 saturated carbocycles. The summed E-state index contributed by atoms with van der Waals surface area (Å²) in [5, 5.41) is 0. The molecular weight excluding hydrogens is 404 g/mol. The van der Waals surface area contributed by atoms with Crippen molar-refractivity contribution in [1.82, 2.24) is 0 Å². The molecule has 0 unspecified atom stereocenters. The van der Waals surface area contributed by atoms with Gasteiger partial charge in [-0.2, -0.15) is 0 Å². The zero-order valence-corrected chi connectivity index (χ0v) is 18.2. The van der Waals surface area contributed by atoms with Crippen LogP contribution in [0.25, 0.3) is 0 Å². The van der Waals surface area contributed by atoms with Crippen molar-refractivity contribution in [3.05, 3.63) is 102 Å². The van der Waals surface area contributed by atoms with E-state index in [2.05, 4.69) is 24.3 Å². The lowest BCUT2D eigenvalue weighted by atomic mass is 9.72. The smallest absolute Gasteiger partial charge is 0.320 e. The molecule has 164 valence electrons. The number of methoxy groups -OCH3 is 2. The number of benzene rings is 3. The first-order valence-corrected chi connectivity index (χ1v) is 10.6. The van der Waals surface area contributed by atoms with Crippen molar-refractivity contribution < 1.29 is 23.8 Å². The number of carbonyl (C=O) groups excluding carboxylic acids is 2. The Morgan fingerprint density at radius 1 is 0.844 bits per heavy atom. The SMILES string of the molecule is COC(=O)C(C[C@H]1CC(c2ccccc2)(c2ccccc2)Oc2ccccc21)C(=O)OC. The maximum Gasteiger partial charge on any atom is 0.320 e. The van der Waals surface area contributed by atoms with E-state index in [9.17, 15) is 9.59 Å². The van der Waals surface area contributed by atoms with Crippen LogP contribution in [0, 0.1) is 5.92 Å². The van der Waals surface area contributed by atoms with Crippen LogP contribution in [-0.4, -0.2) is 26.2 Å². The molecule has 0 N–H and O–H groups in total. The van der Waals surface area contributed by atoms with Crippen LogP contribution in [0.1, 0.15) is 35.4 Å². The summed E-state index contributed by atoms with van der Waals surface area (Å²) in [4.78, 5) is 24.9. The minimum Gasteiger partial charge on any atom is -0.478 e. The average Bonchev–Trinajstić information content (AvgIpc) is 2.87. The zero-order chi connectivity index (χ0) is 22.6. The van der Waals surface area contributed by atoms with Gasteiger partial charge < -0.3 is 14.2 Å². The Morgan fingerprint density at radius 2 is 1.34 bits per heavy atom. The topological polar surface area (TPSA) is 61.8 Å². The van der Waals surface area contributed by atoms with Crippen molar-refractivity contribution in [3.63, 3.8) is 0 Å². The molecule has 3 aromatic carbocycles. The molecular formula is C27H26O5. The monoisotopic (exact) mass is 430 g/mol. The molecule has 1 aliphatic heterocycles. The van der Waals surface area contributed by atoms with Gasteiger partial charge in [0, 0.05) is 6.42 Å². The third kappa shape index (κ3) is 3.98. The van der Waals surface area contributed by atoms with Gasteiger partial charge in [-0.05, 0) is 35.1 Å². The highest BCUT2D eigenvalue weighted by atomic mass is 16.5. The fourth-order valence-electron chi connectivity index (χ4n) is 4.60. The Kier molecular flexibility index (Phi) is 6.26. The summed E-state index contributed by atoms with van der Waals surface area (Å²) in [6.45, 7) is 0. The Balaban J connectivity index is 1.84. The Labute approximate surface area is 187 Å². The van der Waals surface area contributed by atoms with Crippen LogP contribution in [0.5, 0.6) is 5.75 Å². The number of fused-ring (bicyclic) bond motifs is 1. The molecule has 1 atom stereocenters. The lowest BCUT2D eigenvalue weighted by molar-refractivity contribution is -0.159. The summed E-state index contributed by atoms with van der Waals surface area (Å²) < 4.78 is 16.6. The molecule has 0 amide bonds. The zero-order valence-electron chi connectivity index (χ0n) is 18.2. The van der Waals surface area contributed by atoms with Crippen molar-refractivity contribution in [2.75, 3.05) is 14.2 Å². The van der Waals surface area contributed by atoms with Gasteiger partial charge in [0.15, 0.2) is 11.5 Å². The summed E-state index contributed by atoms with van der Waals surface area (Å²) in [5.41, 5.74) is 2.22. The number of ether oxygens (including phenoxy) is 3. The lowest BCUT2D eigenvalue weighted by Crippen LogP contribution is -2.41. The predicted molar refractivity (Wildman–Crippen MR) is 120 cm³/mol. The predicted octanol–water partition coefficient (Wildman–Crippen LogP) is 4.85. The summed E-state index contributed by atoms with van der Waals surface area (Å²) in [5.74, 6) is -1.59. The molecule has 0 radical (unpaired) electrons. The van der Waals surface area contributed by atoms with Gasteiger partial charge in [-0.15, -0.1) is 0 Å². The number of hydrogen-bond donors (Lipinski definition) is 0. The molecule has 0 bridgehead atoms. The van der Waals surface area contributed by atoms with E-state index in [0.717, 1.165) is 22.4 Å². The van der Waals surface area contributed by atoms with E-state index < -0.39 is 23.5 Å². The van der Waals surface area contributed by atoms with Gasteiger partial charge in [-0.1, -0.05) is 78.9 Å². The fraction of sp³-hybridized carbons (Fsp3) is 0.259. The minimum absolute atomic E-state index is 0.136. The third-order valence-electron chi connectivity index (χ3n) is 6.15. The number of carbonyl (C=O) groups is 2. The second-order valence-corrected chi connectivity index (χ2v) is 7.93. The molecule has 0 aliphatic carbocycles. The van der Waals surface area contributed by atoms with Gasteiger partial charge in [0.25, 0.3) is 0 Å². The number of hydrogen-bond acceptors (Lipinski definition) is 5. The van der Waals surface area contributed by atoms with Gasteiger partial charge >= 0.3 is 11.9 Å². The van der Waals surface area contributed by atoms with Crippen LogP contribution in [0.2, 0.25) is 0 Å². The van der Waals surface area contributed by atoms with Crippen LogP contribution in [-0.2, 0) is 24.7 Å². The average molecular weight is 431 g/mol. The third-order valence-corrected chi connectivity index (χ3v) is 6.15. The maximum absolute atomic E-state index is 12.4. The highest BCUT2D eigenvalue weighted by Gasteiger charge is 2.45. The van der Waals surface area contributed by atoms with Gasteiger partial charge in [-0.3, -0.25) is 9.59 Å². The molecule has 5 nitrogen and oxygen atoms in total. The Morgan fingerprint density at radius 3 is 1.88 bits per heavy atom. The highest BCUT2D eigenvalue weighted by Crippen LogP contribution is 2.51. The van der Waals surface area contributed by atoms with E-state index in [0.29, 0.717) is 6.42 Å². The Hall–Kier alpha value is -3.60. The normalized spacial score (nSPS) is 16.5. The largest absolute Gasteiger partial charge is 0.478 e. The quantitative estimate of drug-likeness (QED) is 0.413. The molecule has 32 heavy (non-hydrogen) atoms. The molecule has 1 heterocycles. The highest BCUT2D eigenvalue weighted by molar-refractivity contribution is 5.94. The van der Waals surface area contributed by atoms with Crippen LogP contribution in [0.3, 0.4) is 0 Å². The molecule has 3 aromatic rings. The fourth-order valence-corrected chi connectivity index (χ4v) is 4.60. The van der Waals surface area contributed by atoms with E-state index in [-0.39, 0.29) is 12.3 Å². The maximum atomic E-state index is 12.4. The van der Waals surface area contributed by atoms with Gasteiger partial charge in [0.05, 0.1) is 14.2 Å². The van der Waals surface area contributed by atoms with Crippen molar-refractivity contribution >= 4 is 11.9 Å². The molecule has 0 aromatic heterocycles. The number of esters is 2. The van der Waals surface area contributed by atoms with Gasteiger partial charge in [0.2, 0.25) is 0 Å². The van der Waals surface area contributed by atoms with Crippen LogP contribution in [0.15, 0.2) is 84.9 Å². The van der Waals surface area contributed by atoms with E-state index in [1.807, 2.05) is 60.7 Å². The van der Waals surface area contributed by atoms with Gasteiger partial charge in [-0.25, -0.2) is 0 Å². The molecule has 0 fully saturated rings. The van der Waals surface area contributed by atoms with Crippen molar-refractivity contribution in [1.29, 1.82) is 0 Å². The second kappa shape index (κ2) is 9.27. The molecule has 1 aliphatic rings. The summed E-state index contributed by atoms with van der Waals surface area (Å²) in [6.07, 6.45) is 0.823. The van der Waals surface area contributed by atoms with Crippen LogP contribution >= 0.6 is 0 Å².